The number of non-ortho nitro benzene ring substituents is 1. The highest BCUT2D eigenvalue weighted by Gasteiger charge is 2.53. The van der Waals surface area contributed by atoms with Gasteiger partial charge in [0.25, 0.3) is 17.2 Å². The third-order valence-electron chi connectivity index (χ3n) is 9.50. The van der Waals surface area contributed by atoms with Gasteiger partial charge < -0.3 is 15.1 Å². The van der Waals surface area contributed by atoms with Gasteiger partial charge in [0.15, 0.2) is 5.60 Å². The van der Waals surface area contributed by atoms with Crippen molar-refractivity contribution in [2.75, 3.05) is 11.5 Å². The molecule has 0 saturated heterocycles. The number of rotatable bonds is 12. The van der Waals surface area contributed by atoms with Crippen molar-refractivity contribution in [2.45, 2.75) is 38.0 Å². The third-order valence-corrected chi connectivity index (χ3v) is 9.50. The monoisotopic (exact) mass is 685 g/mol. The van der Waals surface area contributed by atoms with Gasteiger partial charge in [-0.2, -0.15) is 0 Å². The van der Waals surface area contributed by atoms with Gasteiger partial charge in [-0.25, -0.2) is 4.68 Å². The summed E-state index contributed by atoms with van der Waals surface area (Å²) in [7, 11) is 0. The van der Waals surface area contributed by atoms with Crippen LogP contribution in [0.2, 0.25) is 0 Å². The zero-order valence-corrected chi connectivity index (χ0v) is 27.7. The molecule has 3 heterocycles. The molecule has 1 unspecified atom stereocenters. The molecule has 6 aromatic rings. The van der Waals surface area contributed by atoms with Crippen molar-refractivity contribution >= 4 is 28.2 Å². The Hall–Kier alpha value is -6.18. The number of aliphatic hydroxyl groups excluding tert-OH is 1. The number of nitrogens with zero attached hydrogens (tertiary/aromatic N) is 6. The van der Waals surface area contributed by atoms with E-state index in [1.54, 1.807) is 60.3 Å². The van der Waals surface area contributed by atoms with Crippen molar-refractivity contribution in [2.24, 2.45) is 5.92 Å². The number of hydrogen-bond acceptors (Lipinski definition) is 8. The van der Waals surface area contributed by atoms with E-state index in [0.29, 0.717) is 40.9 Å². The topological polar surface area (TPSA) is 172 Å². The average Bonchev–Trinajstić information content (AvgIpc) is 3.82. The maximum absolute atomic E-state index is 14.1. The predicted molar refractivity (Wildman–Crippen MR) is 190 cm³/mol. The van der Waals surface area contributed by atoms with Crippen molar-refractivity contribution in [3.63, 3.8) is 0 Å². The Balaban J connectivity index is 1.08. The molecule has 1 aliphatic heterocycles. The number of amides is 1. The number of fused-ring (bicyclic) bond motifs is 2. The Morgan fingerprint density at radius 3 is 2.47 bits per heavy atom. The van der Waals surface area contributed by atoms with Gasteiger partial charge in [0.2, 0.25) is 0 Å². The molecule has 13 nitrogen and oxygen atoms in total. The fourth-order valence-electron chi connectivity index (χ4n) is 6.66. The second-order valence-electron chi connectivity index (χ2n) is 12.6. The molecule has 13 heteroatoms. The number of aliphatic hydroxyl groups is 2. The van der Waals surface area contributed by atoms with Gasteiger partial charge in [0.05, 0.1) is 52.0 Å². The minimum absolute atomic E-state index is 0.0940. The Morgan fingerprint density at radius 1 is 1.00 bits per heavy atom. The molecule has 0 aliphatic carbocycles. The molecule has 3 atom stereocenters. The Bertz CT molecular complexity index is 2310. The van der Waals surface area contributed by atoms with Gasteiger partial charge in [-0.3, -0.25) is 29.5 Å². The van der Waals surface area contributed by atoms with Crippen LogP contribution in [0.15, 0.2) is 120 Å². The molecule has 0 bridgehead atoms. The molecule has 1 aliphatic rings. The van der Waals surface area contributed by atoms with E-state index in [-0.39, 0.29) is 35.9 Å². The van der Waals surface area contributed by atoms with Crippen LogP contribution in [0.3, 0.4) is 0 Å². The standard InChI is InChI=1S/C38H35N7O6/c1-25(9-7-8-20-42-23-34(39-41-42)31(24-46)27-10-3-2-4-11-27)38(49)32-21-29(45(50)51)18-19-35(32)43(37(38)48)22-26-14-16-28(17-15-26)44-36(47)30-12-5-6-13-33(30)40-44/h2-7,9-19,21,23,25,31,40,46,49H,8,20,22,24H2,1H3/b9-7+/t25-,31?,38+/m1/s1. The fraction of sp³-hybridized carbons (Fsp3) is 0.211. The van der Waals surface area contributed by atoms with Crippen LogP contribution in [0, 0.1) is 16.0 Å². The number of benzene rings is 4. The number of carbonyl (C=O) groups excluding carboxylic acids is 1. The van der Waals surface area contributed by atoms with Gasteiger partial charge in [-0.05, 0) is 47.9 Å². The number of aromatic amines is 1. The summed E-state index contributed by atoms with van der Waals surface area (Å²) in [5.41, 5.74) is 1.72. The van der Waals surface area contributed by atoms with Crippen LogP contribution >= 0.6 is 0 Å². The van der Waals surface area contributed by atoms with E-state index < -0.39 is 22.3 Å². The number of nitrogens with one attached hydrogen (secondary N) is 1. The molecule has 3 N–H and O–H groups in total. The average molecular weight is 686 g/mol. The predicted octanol–water partition coefficient (Wildman–Crippen LogP) is 4.96. The van der Waals surface area contributed by atoms with Gasteiger partial charge in [0.1, 0.15) is 0 Å². The molecule has 7 rings (SSSR count). The highest BCUT2D eigenvalue weighted by molar-refractivity contribution is 6.07. The van der Waals surface area contributed by atoms with E-state index in [1.807, 2.05) is 48.5 Å². The lowest BCUT2D eigenvalue weighted by atomic mass is 9.82. The number of nitro benzene ring substituents is 1. The first-order chi connectivity index (χ1) is 24.7. The number of allylic oxidation sites excluding steroid dienone is 1. The Kier molecular flexibility index (Phi) is 8.90. The number of aryl methyl sites for hydroxylation is 1. The second-order valence-corrected chi connectivity index (χ2v) is 12.6. The Morgan fingerprint density at radius 2 is 1.75 bits per heavy atom. The lowest BCUT2D eigenvalue weighted by Crippen LogP contribution is -2.44. The summed E-state index contributed by atoms with van der Waals surface area (Å²) in [6, 6.07) is 28.0. The lowest BCUT2D eigenvalue weighted by molar-refractivity contribution is -0.385. The maximum Gasteiger partial charge on any atom is 0.279 e. The van der Waals surface area contributed by atoms with E-state index in [4.69, 9.17) is 0 Å². The van der Waals surface area contributed by atoms with E-state index in [9.17, 15) is 29.9 Å². The van der Waals surface area contributed by atoms with Crippen LogP contribution in [0.4, 0.5) is 11.4 Å². The largest absolute Gasteiger partial charge is 0.395 e. The number of para-hydroxylation sites is 1. The van der Waals surface area contributed by atoms with Crippen molar-refractivity contribution in [1.29, 1.82) is 0 Å². The highest BCUT2D eigenvalue weighted by atomic mass is 16.6. The summed E-state index contributed by atoms with van der Waals surface area (Å²) in [5.74, 6) is -1.63. The lowest BCUT2D eigenvalue weighted by Gasteiger charge is -2.27. The second kappa shape index (κ2) is 13.6. The van der Waals surface area contributed by atoms with Crippen molar-refractivity contribution in [3.05, 3.63) is 158 Å². The number of anilines is 1. The summed E-state index contributed by atoms with van der Waals surface area (Å²) in [6.07, 6.45) is 5.86. The van der Waals surface area contributed by atoms with E-state index in [1.165, 1.54) is 27.8 Å². The molecule has 258 valence electrons. The van der Waals surface area contributed by atoms with Gasteiger partial charge in [0, 0.05) is 36.4 Å². The quantitative estimate of drug-likeness (QED) is 0.0922. The molecule has 4 aromatic carbocycles. The van der Waals surface area contributed by atoms with Crippen LogP contribution in [-0.2, 0) is 23.5 Å². The minimum Gasteiger partial charge on any atom is -0.395 e. The molecule has 51 heavy (non-hydrogen) atoms. The van der Waals surface area contributed by atoms with Gasteiger partial charge >= 0.3 is 0 Å². The molecular weight excluding hydrogens is 650 g/mol. The number of H-pyrrole nitrogens is 1. The number of hydrogen-bond donors (Lipinski definition) is 3. The SMILES string of the molecule is C[C@H](/C=C/CCn1cc(C(CO)c2ccccc2)nn1)[C@@]1(O)C(=O)N(Cc2ccc(-n3[nH]c4ccccc4c3=O)cc2)c2ccc([N+](=O)[O-])cc21. The Labute approximate surface area is 291 Å². The molecule has 1 amide bonds. The third kappa shape index (κ3) is 6.13. The fourth-order valence-corrected chi connectivity index (χ4v) is 6.66. The van der Waals surface area contributed by atoms with Crippen molar-refractivity contribution in [1.82, 2.24) is 24.8 Å². The first-order valence-electron chi connectivity index (χ1n) is 16.5. The molecule has 0 saturated carbocycles. The van der Waals surface area contributed by atoms with E-state index in [2.05, 4.69) is 15.4 Å². The summed E-state index contributed by atoms with van der Waals surface area (Å²) in [4.78, 5) is 39.6. The van der Waals surface area contributed by atoms with E-state index in [0.717, 1.165) is 11.1 Å². The van der Waals surface area contributed by atoms with Gasteiger partial charge in [-0.1, -0.05) is 78.9 Å². The van der Waals surface area contributed by atoms with Crippen LogP contribution < -0.4 is 10.5 Å². The number of nitro groups is 1. The van der Waals surface area contributed by atoms with Crippen LogP contribution in [-0.4, -0.2) is 52.4 Å². The van der Waals surface area contributed by atoms with Crippen molar-refractivity contribution in [3.8, 4) is 5.69 Å². The first-order valence-corrected chi connectivity index (χ1v) is 16.5. The maximum atomic E-state index is 14.1. The number of carbonyl (C=O) groups is 1. The van der Waals surface area contributed by atoms with E-state index >= 15 is 0 Å². The molecule has 0 fully saturated rings. The summed E-state index contributed by atoms with van der Waals surface area (Å²) < 4.78 is 3.13. The molecule has 0 radical (unpaired) electrons. The van der Waals surface area contributed by atoms with Crippen LogP contribution in [0.25, 0.3) is 16.6 Å². The first kappa shape index (κ1) is 33.3. The van der Waals surface area contributed by atoms with Gasteiger partial charge in [-0.15, -0.1) is 5.10 Å². The highest BCUT2D eigenvalue weighted by Crippen LogP contribution is 2.47. The van der Waals surface area contributed by atoms with Crippen LogP contribution in [0.5, 0.6) is 0 Å². The minimum atomic E-state index is -2.06. The van der Waals surface area contributed by atoms with Crippen molar-refractivity contribution < 1.29 is 19.9 Å². The number of aromatic nitrogens is 5. The molecule has 0 spiro atoms. The smallest absolute Gasteiger partial charge is 0.279 e. The van der Waals surface area contributed by atoms with Crippen LogP contribution in [0.1, 0.15) is 41.6 Å². The summed E-state index contributed by atoms with van der Waals surface area (Å²) in [6.45, 7) is 2.15. The zero-order chi connectivity index (χ0) is 35.7. The summed E-state index contributed by atoms with van der Waals surface area (Å²) >= 11 is 0. The summed E-state index contributed by atoms with van der Waals surface area (Å²) in [5, 5.41) is 45.9. The normalized spacial score (nSPS) is 16.9. The molecular formula is C38H35N7O6. The zero-order valence-electron chi connectivity index (χ0n) is 27.7. The molecule has 2 aromatic heterocycles.